The predicted octanol–water partition coefficient (Wildman–Crippen LogP) is 1.05. The Hall–Kier alpha value is -1.43. The zero-order valence-corrected chi connectivity index (χ0v) is 10.8. The number of hydrogen-bond donors (Lipinski definition) is 1. The van der Waals surface area contributed by atoms with Crippen molar-refractivity contribution >= 4 is 15.7 Å². The van der Waals surface area contributed by atoms with E-state index >= 15 is 0 Å². The second kappa shape index (κ2) is 4.68. The number of halogens is 1. The monoisotopic (exact) mass is 271 g/mol. The van der Waals surface area contributed by atoms with E-state index in [1.54, 1.807) is 6.92 Å². The molecule has 6 heteroatoms. The first kappa shape index (κ1) is 13.0. The van der Waals surface area contributed by atoms with Gasteiger partial charge in [-0.25, -0.2) is 12.8 Å². The third-order valence-corrected chi connectivity index (χ3v) is 4.77. The lowest BCUT2D eigenvalue weighted by Gasteiger charge is -2.12. The molecule has 0 aliphatic carbocycles. The minimum atomic E-state index is -3.01. The van der Waals surface area contributed by atoms with Gasteiger partial charge in [-0.05, 0) is 37.1 Å². The lowest BCUT2D eigenvalue weighted by molar-refractivity contribution is 0.0940. The fourth-order valence-electron chi connectivity index (χ4n) is 2.05. The Balaban J connectivity index is 2.09. The Bertz CT molecular complexity index is 583. The van der Waals surface area contributed by atoms with Gasteiger partial charge in [0.05, 0.1) is 11.5 Å². The predicted molar refractivity (Wildman–Crippen MR) is 65.7 cm³/mol. The summed E-state index contributed by atoms with van der Waals surface area (Å²) in [6.07, 6.45) is 0.439. The topological polar surface area (TPSA) is 63.2 Å². The maximum absolute atomic E-state index is 12.9. The van der Waals surface area contributed by atoms with Gasteiger partial charge in [0, 0.05) is 11.6 Å². The van der Waals surface area contributed by atoms with E-state index in [2.05, 4.69) is 5.32 Å². The summed E-state index contributed by atoms with van der Waals surface area (Å²) in [5.41, 5.74) is 0.911. The molecule has 1 amide bonds. The lowest BCUT2D eigenvalue weighted by Crippen LogP contribution is -2.35. The molecule has 0 spiro atoms. The van der Waals surface area contributed by atoms with E-state index < -0.39 is 15.7 Å². The van der Waals surface area contributed by atoms with Crippen molar-refractivity contribution in [2.45, 2.75) is 19.4 Å². The first-order valence-corrected chi connectivity index (χ1v) is 7.47. The Morgan fingerprint density at radius 3 is 2.72 bits per heavy atom. The molecular weight excluding hydrogens is 257 g/mol. The van der Waals surface area contributed by atoms with Crippen LogP contribution in [-0.2, 0) is 9.84 Å². The van der Waals surface area contributed by atoms with Gasteiger partial charge in [0.25, 0.3) is 5.91 Å². The molecule has 4 nitrogen and oxygen atoms in total. The molecule has 0 saturated carbocycles. The molecule has 1 aromatic carbocycles. The fourth-order valence-corrected chi connectivity index (χ4v) is 3.73. The first-order valence-electron chi connectivity index (χ1n) is 5.65. The maximum Gasteiger partial charge on any atom is 0.251 e. The summed E-state index contributed by atoms with van der Waals surface area (Å²) in [4.78, 5) is 11.9. The number of carbonyl (C=O) groups is 1. The number of nitrogens with one attached hydrogen (secondary N) is 1. The summed E-state index contributed by atoms with van der Waals surface area (Å²) in [6, 6.07) is 3.56. The molecule has 1 atom stereocenters. The highest BCUT2D eigenvalue weighted by atomic mass is 32.2. The van der Waals surface area contributed by atoms with Crippen LogP contribution in [0.1, 0.15) is 22.3 Å². The van der Waals surface area contributed by atoms with Gasteiger partial charge in [-0.2, -0.15) is 0 Å². The number of benzene rings is 1. The van der Waals surface area contributed by atoms with Gasteiger partial charge < -0.3 is 5.32 Å². The minimum Gasteiger partial charge on any atom is -0.348 e. The zero-order chi connectivity index (χ0) is 13.3. The normalized spacial score (nSPS) is 21.8. The van der Waals surface area contributed by atoms with Crippen LogP contribution in [0.5, 0.6) is 0 Å². The molecule has 1 saturated heterocycles. The highest BCUT2D eigenvalue weighted by Gasteiger charge is 2.29. The van der Waals surface area contributed by atoms with Crippen LogP contribution in [-0.4, -0.2) is 31.9 Å². The van der Waals surface area contributed by atoms with E-state index in [4.69, 9.17) is 0 Å². The third kappa shape index (κ3) is 2.87. The van der Waals surface area contributed by atoms with Crippen LogP contribution in [0.4, 0.5) is 4.39 Å². The fraction of sp³-hybridized carbons (Fsp3) is 0.417. The van der Waals surface area contributed by atoms with Crippen molar-refractivity contribution in [2.24, 2.45) is 0 Å². The van der Waals surface area contributed by atoms with Crippen molar-refractivity contribution < 1.29 is 17.6 Å². The largest absolute Gasteiger partial charge is 0.348 e. The van der Waals surface area contributed by atoms with Gasteiger partial charge in [0.2, 0.25) is 0 Å². The number of rotatable bonds is 2. The van der Waals surface area contributed by atoms with Gasteiger partial charge in [0.15, 0.2) is 9.84 Å². The smallest absolute Gasteiger partial charge is 0.251 e. The van der Waals surface area contributed by atoms with Crippen molar-refractivity contribution in [3.05, 3.63) is 35.1 Å². The number of hydrogen-bond acceptors (Lipinski definition) is 3. The molecule has 0 radical (unpaired) electrons. The van der Waals surface area contributed by atoms with E-state index in [1.807, 2.05) is 0 Å². The number of aryl methyl sites for hydroxylation is 1. The summed E-state index contributed by atoms with van der Waals surface area (Å²) >= 11 is 0. The van der Waals surface area contributed by atoms with Crippen LogP contribution < -0.4 is 5.32 Å². The maximum atomic E-state index is 12.9. The molecule has 0 bridgehead atoms. The molecule has 1 aliphatic heterocycles. The number of amides is 1. The van der Waals surface area contributed by atoms with Crippen molar-refractivity contribution in [3.8, 4) is 0 Å². The molecule has 1 fully saturated rings. The SMILES string of the molecule is Cc1cc(F)ccc1C(=O)NC1CCS(=O)(=O)C1. The van der Waals surface area contributed by atoms with Crippen LogP contribution in [0, 0.1) is 12.7 Å². The van der Waals surface area contributed by atoms with E-state index in [0.29, 0.717) is 17.5 Å². The molecular formula is C12H14FNO3S. The second-order valence-electron chi connectivity index (χ2n) is 4.53. The summed E-state index contributed by atoms with van der Waals surface area (Å²) in [5, 5.41) is 2.67. The van der Waals surface area contributed by atoms with E-state index in [1.165, 1.54) is 18.2 Å². The van der Waals surface area contributed by atoms with E-state index in [0.717, 1.165) is 0 Å². The second-order valence-corrected chi connectivity index (χ2v) is 6.76. The molecule has 0 aromatic heterocycles. The van der Waals surface area contributed by atoms with Gasteiger partial charge in [-0.1, -0.05) is 0 Å². The van der Waals surface area contributed by atoms with Crippen LogP contribution >= 0.6 is 0 Å². The van der Waals surface area contributed by atoms with Crippen molar-refractivity contribution in [3.63, 3.8) is 0 Å². The quantitative estimate of drug-likeness (QED) is 0.874. The standard InChI is InChI=1S/C12H14FNO3S/c1-8-6-9(13)2-3-11(8)12(15)14-10-4-5-18(16,17)7-10/h2-3,6,10H,4-5,7H2,1H3,(H,14,15). The van der Waals surface area contributed by atoms with Crippen LogP contribution in [0.15, 0.2) is 18.2 Å². The highest BCUT2D eigenvalue weighted by Crippen LogP contribution is 2.14. The van der Waals surface area contributed by atoms with Crippen LogP contribution in [0.25, 0.3) is 0 Å². The van der Waals surface area contributed by atoms with Gasteiger partial charge >= 0.3 is 0 Å². The Morgan fingerprint density at radius 1 is 1.44 bits per heavy atom. The average Bonchev–Trinajstić information content (AvgIpc) is 2.57. The molecule has 2 rings (SSSR count). The minimum absolute atomic E-state index is 0.0149. The van der Waals surface area contributed by atoms with Crippen LogP contribution in [0.2, 0.25) is 0 Å². The van der Waals surface area contributed by atoms with Crippen LogP contribution in [0.3, 0.4) is 0 Å². The van der Waals surface area contributed by atoms with E-state index in [-0.39, 0.29) is 23.5 Å². The summed E-state index contributed by atoms with van der Waals surface area (Å²) in [5.74, 6) is -0.652. The summed E-state index contributed by atoms with van der Waals surface area (Å²) < 4.78 is 35.4. The average molecular weight is 271 g/mol. The molecule has 1 N–H and O–H groups in total. The summed E-state index contributed by atoms with van der Waals surface area (Å²) in [6.45, 7) is 1.64. The van der Waals surface area contributed by atoms with E-state index in [9.17, 15) is 17.6 Å². The summed E-state index contributed by atoms with van der Waals surface area (Å²) in [7, 11) is -3.01. The van der Waals surface area contributed by atoms with Crippen molar-refractivity contribution in [1.29, 1.82) is 0 Å². The van der Waals surface area contributed by atoms with Gasteiger partial charge in [-0.3, -0.25) is 4.79 Å². The number of sulfone groups is 1. The molecule has 1 unspecified atom stereocenters. The molecule has 1 aromatic rings. The highest BCUT2D eigenvalue weighted by molar-refractivity contribution is 7.91. The molecule has 1 heterocycles. The zero-order valence-electron chi connectivity index (χ0n) is 9.94. The van der Waals surface area contributed by atoms with Gasteiger partial charge in [-0.15, -0.1) is 0 Å². The Morgan fingerprint density at radius 2 is 2.17 bits per heavy atom. The molecule has 18 heavy (non-hydrogen) atoms. The first-order chi connectivity index (χ1) is 8.37. The molecule has 1 aliphatic rings. The third-order valence-electron chi connectivity index (χ3n) is 3.00. The van der Waals surface area contributed by atoms with Crippen molar-refractivity contribution in [1.82, 2.24) is 5.32 Å². The Kier molecular flexibility index (Phi) is 3.38. The Labute approximate surface area is 105 Å². The van der Waals surface area contributed by atoms with Crippen molar-refractivity contribution in [2.75, 3.05) is 11.5 Å². The van der Waals surface area contributed by atoms with Gasteiger partial charge in [0.1, 0.15) is 5.82 Å². The molecule has 98 valence electrons. The number of carbonyl (C=O) groups excluding carboxylic acids is 1. The lowest BCUT2D eigenvalue weighted by atomic mass is 10.1.